The Kier molecular flexibility index (Phi) is 11.0. The van der Waals surface area contributed by atoms with E-state index in [-0.39, 0.29) is 35.2 Å². The number of hydrogen-bond donors (Lipinski definition) is 2. The molecule has 3 amide bonds. The van der Waals surface area contributed by atoms with Crippen molar-refractivity contribution in [3.05, 3.63) is 93.7 Å². The van der Waals surface area contributed by atoms with Crippen LogP contribution in [0.25, 0.3) is 0 Å². The Bertz CT molecular complexity index is 1410. The number of ether oxygens (including phenoxy) is 2. The fourth-order valence-electron chi connectivity index (χ4n) is 4.11. The number of halogens is 2. The Morgan fingerprint density at radius 2 is 1.69 bits per heavy atom. The molecule has 13 heteroatoms. The molecule has 1 aliphatic rings. The first-order valence-corrected chi connectivity index (χ1v) is 14.9. The van der Waals surface area contributed by atoms with Crippen molar-refractivity contribution in [3.8, 4) is 0 Å². The van der Waals surface area contributed by atoms with Gasteiger partial charge in [0.15, 0.2) is 0 Å². The fraction of sp³-hybridized carbons (Fsp3) is 0.276. The molecule has 0 bridgehead atoms. The maximum atomic E-state index is 13.2. The van der Waals surface area contributed by atoms with Gasteiger partial charge in [-0.2, -0.15) is 0 Å². The van der Waals surface area contributed by atoms with E-state index in [4.69, 9.17) is 32.7 Å². The molecule has 2 heterocycles. The van der Waals surface area contributed by atoms with Gasteiger partial charge in [-0.15, -0.1) is 11.8 Å². The summed E-state index contributed by atoms with van der Waals surface area (Å²) in [6.45, 7) is 1.87. The van der Waals surface area contributed by atoms with E-state index in [0.717, 1.165) is 5.56 Å². The summed E-state index contributed by atoms with van der Waals surface area (Å²) in [5.41, 5.74) is 2.07. The third-order valence-corrected chi connectivity index (χ3v) is 7.90. The zero-order valence-electron chi connectivity index (χ0n) is 22.5. The molecule has 0 radical (unpaired) electrons. The van der Waals surface area contributed by atoms with Crippen molar-refractivity contribution in [2.45, 2.75) is 32.0 Å². The molecule has 4 rings (SSSR count). The van der Waals surface area contributed by atoms with Crippen molar-refractivity contribution >= 4 is 64.5 Å². The van der Waals surface area contributed by atoms with Crippen molar-refractivity contribution in [1.29, 1.82) is 0 Å². The lowest BCUT2D eigenvalue weighted by molar-refractivity contribution is -0.149. The number of hydrogen-bond acceptors (Lipinski definition) is 8. The third-order valence-electron chi connectivity index (χ3n) is 6.26. The molecule has 220 valence electrons. The molecular formula is C29H28Cl2N4O6S. The van der Waals surface area contributed by atoms with Gasteiger partial charge in [0.2, 0.25) is 5.91 Å². The van der Waals surface area contributed by atoms with Gasteiger partial charge in [-0.3, -0.25) is 19.5 Å². The van der Waals surface area contributed by atoms with Crippen LogP contribution in [0.3, 0.4) is 0 Å². The van der Waals surface area contributed by atoms with E-state index in [1.54, 1.807) is 73.9 Å². The van der Waals surface area contributed by atoms with Gasteiger partial charge >= 0.3 is 12.1 Å². The summed E-state index contributed by atoms with van der Waals surface area (Å²) < 4.78 is 10.6. The predicted molar refractivity (Wildman–Crippen MR) is 160 cm³/mol. The number of aromatic nitrogens is 1. The second-order valence-electron chi connectivity index (χ2n) is 9.16. The number of nitrogens with zero attached hydrogens (tertiary/aromatic N) is 2. The van der Waals surface area contributed by atoms with Gasteiger partial charge in [0, 0.05) is 30.3 Å². The van der Waals surface area contributed by atoms with Crippen LogP contribution < -0.4 is 10.6 Å². The number of amides is 3. The van der Waals surface area contributed by atoms with Crippen LogP contribution in [-0.4, -0.2) is 64.1 Å². The quantitative estimate of drug-likeness (QED) is 0.302. The molecule has 3 aromatic rings. The highest BCUT2D eigenvalue weighted by Gasteiger charge is 2.37. The van der Waals surface area contributed by atoms with E-state index in [1.807, 2.05) is 0 Å². The minimum atomic E-state index is -1.05. The van der Waals surface area contributed by atoms with E-state index in [9.17, 15) is 19.2 Å². The fourth-order valence-corrected chi connectivity index (χ4v) is 5.82. The lowest BCUT2D eigenvalue weighted by Gasteiger charge is -2.25. The molecule has 2 N–H and O–H groups in total. The van der Waals surface area contributed by atoms with Crippen molar-refractivity contribution < 1.29 is 28.7 Å². The number of nitrogens with one attached hydrogen (secondary N) is 2. The van der Waals surface area contributed by atoms with Crippen molar-refractivity contribution in [1.82, 2.24) is 15.2 Å². The number of carbonyl (C=O) groups is 4. The van der Waals surface area contributed by atoms with Crippen LogP contribution in [0.4, 0.5) is 10.5 Å². The van der Waals surface area contributed by atoms with Crippen molar-refractivity contribution in [2.75, 3.05) is 23.6 Å². The first kappa shape index (κ1) is 31.1. The van der Waals surface area contributed by atoms with Crippen LogP contribution in [0.15, 0.2) is 67.0 Å². The number of rotatable bonds is 10. The zero-order valence-corrected chi connectivity index (χ0v) is 24.9. The Morgan fingerprint density at radius 3 is 2.36 bits per heavy atom. The minimum absolute atomic E-state index is 0.00245. The number of esters is 1. The average Bonchev–Trinajstić information content (AvgIpc) is 3.48. The zero-order chi connectivity index (χ0) is 30.1. The monoisotopic (exact) mass is 630 g/mol. The maximum Gasteiger partial charge on any atom is 0.411 e. The summed E-state index contributed by atoms with van der Waals surface area (Å²) in [4.78, 5) is 56.8. The van der Waals surface area contributed by atoms with Crippen molar-refractivity contribution in [2.24, 2.45) is 0 Å². The molecule has 1 aliphatic heterocycles. The molecule has 1 saturated heterocycles. The average molecular weight is 632 g/mol. The highest BCUT2D eigenvalue weighted by Crippen LogP contribution is 2.26. The first-order chi connectivity index (χ1) is 20.3. The van der Waals surface area contributed by atoms with Gasteiger partial charge in [0.25, 0.3) is 5.91 Å². The first-order valence-electron chi connectivity index (χ1n) is 13.0. The van der Waals surface area contributed by atoms with E-state index in [0.29, 0.717) is 22.9 Å². The molecule has 0 aliphatic carbocycles. The van der Waals surface area contributed by atoms with Crippen LogP contribution in [0.2, 0.25) is 10.0 Å². The summed E-state index contributed by atoms with van der Waals surface area (Å²) in [6.07, 6.45) is 2.69. The largest absolute Gasteiger partial charge is 0.459 e. The molecule has 2 unspecified atom stereocenters. The summed E-state index contributed by atoms with van der Waals surface area (Å²) in [5.74, 6) is -0.920. The maximum absolute atomic E-state index is 13.2. The van der Waals surface area contributed by atoms with Crippen molar-refractivity contribution in [3.63, 3.8) is 0 Å². The SMILES string of the molecule is CCOC(=O)N1CSCC1C(=O)NC(Cc1ccc(NC(=O)c2c(Cl)cccc2Cl)cc1)C(=O)OCc1ccncc1. The van der Waals surface area contributed by atoms with E-state index >= 15 is 0 Å². The number of thioether (sulfide) groups is 1. The molecule has 42 heavy (non-hydrogen) atoms. The molecule has 0 saturated carbocycles. The molecule has 1 aromatic heterocycles. The molecule has 10 nitrogen and oxygen atoms in total. The lowest BCUT2D eigenvalue weighted by Crippen LogP contribution is -2.52. The lowest BCUT2D eigenvalue weighted by atomic mass is 10.0. The summed E-state index contributed by atoms with van der Waals surface area (Å²) in [6, 6.07) is 13.2. The van der Waals surface area contributed by atoms with Gasteiger partial charge in [0.05, 0.1) is 28.1 Å². The summed E-state index contributed by atoms with van der Waals surface area (Å²) in [5, 5.41) is 5.96. The molecule has 2 atom stereocenters. The van der Waals surface area contributed by atoms with E-state index in [1.165, 1.54) is 16.7 Å². The highest BCUT2D eigenvalue weighted by atomic mass is 35.5. The summed E-state index contributed by atoms with van der Waals surface area (Å²) >= 11 is 13.7. The van der Waals surface area contributed by atoms with Gasteiger partial charge in [-0.25, -0.2) is 9.59 Å². The number of benzene rings is 2. The summed E-state index contributed by atoms with van der Waals surface area (Å²) in [7, 11) is 0. The Morgan fingerprint density at radius 1 is 1.00 bits per heavy atom. The molecule has 1 fully saturated rings. The highest BCUT2D eigenvalue weighted by molar-refractivity contribution is 7.99. The van der Waals surface area contributed by atoms with Gasteiger partial charge in [0.1, 0.15) is 18.7 Å². The van der Waals surface area contributed by atoms with Crippen LogP contribution in [0.5, 0.6) is 0 Å². The van der Waals surface area contributed by atoms with Crippen LogP contribution in [0.1, 0.15) is 28.4 Å². The second-order valence-corrected chi connectivity index (χ2v) is 11.0. The topological polar surface area (TPSA) is 127 Å². The smallest absolute Gasteiger partial charge is 0.411 e. The predicted octanol–water partition coefficient (Wildman–Crippen LogP) is 4.94. The minimum Gasteiger partial charge on any atom is -0.459 e. The normalized spacial score (nSPS) is 15.0. The third kappa shape index (κ3) is 8.15. The second kappa shape index (κ2) is 14.9. The van der Waals surface area contributed by atoms with Gasteiger partial charge in [-0.1, -0.05) is 41.4 Å². The van der Waals surface area contributed by atoms with Crippen LogP contribution in [0, 0.1) is 0 Å². The Hall–Kier alpha value is -3.80. The molecular weight excluding hydrogens is 603 g/mol. The number of pyridine rings is 1. The Balaban J connectivity index is 1.46. The van der Waals surface area contributed by atoms with Gasteiger partial charge < -0.3 is 20.1 Å². The standard InChI is InChI=1S/C29H28Cl2N4O6S/c1-2-40-29(39)35-17-42-16-24(35)26(36)34-23(28(38)41-15-19-10-12-32-13-11-19)14-18-6-8-20(9-7-18)33-27(37)25-21(30)4-3-5-22(25)31/h3-13,23-24H,2,14-17H2,1H3,(H,33,37)(H,34,36). The number of carbonyl (C=O) groups excluding carboxylic acids is 4. The molecule has 0 spiro atoms. The van der Waals surface area contributed by atoms with Crippen LogP contribution >= 0.6 is 35.0 Å². The van der Waals surface area contributed by atoms with Gasteiger partial charge in [-0.05, 0) is 54.4 Å². The molecule has 2 aromatic carbocycles. The van der Waals surface area contributed by atoms with Crippen LogP contribution in [-0.2, 0) is 32.1 Å². The van der Waals surface area contributed by atoms with E-state index < -0.39 is 36.0 Å². The number of anilines is 1. The van der Waals surface area contributed by atoms with E-state index in [2.05, 4.69) is 15.6 Å². The Labute approximate surface area is 257 Å².